The summed E-state index contributed by atoms with van der Waals surface area (Å²) in [7, 11) is 1.58. The standard InChI is InChI=1S/C23H28FN3O2/c1-5-22(28)26(4)21-10-8-18(12-20(21)24)19-13-27(14-19)23(29)11-9-17-7-6-15(2)25-16(17)3/h6-8,10,12,19H,5,9,11,13-14H2,1-4H3. The van der Waals surface area contributed by atoms with E-state index < -0.39 is 5.82 Å². The summed E-state index contributed by atoms with van der Waals surface area (Å²) < 4.78 is 14.5. The molecule has 3 rings (SSSR count). The lowest BCUT2D eigenvalue weighted by Gasteiger charge is -2.40. The minimum absolute atomic E-state index is 0.117. The Morgan fingerprint density at radius 1 is 1.21 bits per heavy atom. The summed E-state index contributed by atoms with van der Waals surface area (Å²) in [5.41, 5.74) is 4.21. The molecular formula is C23H28FN3O2. The fraction of sp³-hybridized carbons (Fsp3) is 0.435. The zero-order chi connectivity index (χ0) is 21.1. The molecule has 2 aromatic rings. The van der Waals surface area contributed by atoms with Gasteiger partial charge in [0.05, 0.1) is 5.69 Å². The van der Waals surface area contributed by atoms with Crippen molar-refractivity contribution in [3.05, 3.63) is 58.7 Å². The minimum atomic E-state index is -0.404. The van der Waals surface area contributed by atoms with Gasteiger partial charge in [0.15, 0.2) is 0 Å². The molecule has 1 aliphatic heterocycles. The van der Waals surface area contributed by atoms with E-state index in [0.29, 0.717) is 32.4 Å². The number of pyridine rings is 1. The van der Waals surface area contributed by atoms with E-state index in [9.17, 15) is 14.0 Å². The van der Waals surface area contributed by atoms with Crippen LogP contribution in [0.3, 0.4) is 0 Å². The molecule has 0 bridgehead atoms. The molecule has 1 fully saturated rings. The summed E-state index contributed by atoms with van der Waals surface area (Å²) in [4.78, 5) is 31.8. The van der Waals surface area contributed by atoms with Crippen LogP contribution in [-0.2, 0) is 16.0 Å². The van der Waals surface area contributed by atoms with Crippen LogP contribution in [-0.4, -0.2) is 41.8 Å². The number of hydrogen-bond acceptors (Lipinski definition) is 3. The van der Waals surface area contributed by atoms with Crippen molar-refractivity contribution < 1.29 is 14.0 Å². The van der Waals surface area contributed by atoms with Crippen LogP contribution < -0.4 is 4.90 Å². The molecule has 5 nitrogen and oxygen atoms in total. The van der Waals surface area contributed by atoms with Crippen LogP contribution in [0.4, 0.5) is 10.1 Å². The Bertz CT molecular complexity index is 922. The minimum Gasteiger partial charge on any atom is -0.341 e. The Kier molecular flexibility index (Phi) is 6.30. The molecule has 0 aliphatic carbocycles. The topological polar surface area (TPSA) is 53.5 Å². The highest BCUT2D eigenvalue weighted by Crippen LogP contribution is 2.31. The van der Waals surface area contributed by atoms with Crippen molar-refractivity contribution >= 4 is 17.5 Å². The van der Waals surface area contributed by atoms with Gasteiger partial charge in [-0.25, -0.2) is 4.39 Å². The van der Waals surface area contributed by atoms with Crippen molar-refractivity contribution in [2.45, 2.75) is 46.0 Å². The number of nitrogens with zero attached hydrogens (tertiary/aromatic N) is 3. The highest BCUT2D eigenvalue weighted by Gasteiger charge is 2.32. The smallest absolute Gasteiger partial charge is 0.226 e. The molecule has 6 heteroatoms. The van der Waals surface area contributed by atoms with E-state index in [1.165, 1.54) is 11.0 Å². The fourth-order valence-corrected chi connectivity index (χ4v) is 3.69. The molecule has 0 saturated carbocycles. The van der Waals surface area contributed by atoms with Crippen molar-refractivity contribution in [1.82, 2.24) is 9.88 Å². The number of amides is 2. The van der Waals surface area contributed by atoms with Crippen LogP contribution in [0.15, 0.2) is 30.3 Å². The first-order valence-electron chi connectivity index (χ1n) is 10.1. The summed E-state index contributed by atoms with van der Waals surface area (Å²) >= 11 is 0. The number of rotatable bonds is 6. The van der Waals surface area contributed by atoms with Crippen molar-refractivity contribution in [2.75, 3.05) is 25.0 Å². The molecule has 0 spiro atoms. The van der Waals surface area contributed by atoms with Crippen molar-refractivity contribution in [2.24, 2.45) is 0 Å². The van der Waals surface area contributed by atoms with Gasteiger partial charge < -0.3 is 9.80 Å². The molecule has 0 atom stereocenters. The normalized spacial score (nSPS) is 13.9. The lowest BCUT2D eigenvalue weighted by molar-refractivity contribution is -0.135. The summed E-state index contributed by atoms with van der Waals surface area (Å²) in [6, 6.07) is 8.99. The van der Waals surface area contributed by atoms with Crippen LogP contribution in [0.2, 0.25) is 0 Å². The first-order chi connectivity index (χ1) is 13.8. The molecule has 2 amide bonds. The number of benzene rings is 1. The Labute approximate surface area is 171 Å². The molecule has 1 saturated heterocycles. The predicted molar refractivity (Wildman–Crippen MR) is 111 cm³/mol. The third-order valence-electron chi connectivity index (χ3n) is 5.66. The molecule has 29 heavy (non-hydrogen) atoms. The Balaban J connectivity index is 1.54. The second-order valence-corrected chi connectivity index (χ2v) is 7.71. The van der Waals surface area contributed by atoms with Crippen LogP contribution in [0.5, 0.6) is 0 Å². The predicted octanol–water partition coefficient (Wildman–Crippen LogP) is 3.77. The number of likely N-dealkylation sites (tertiary alicyclic amines) is 1. The molecule has 0 radical (unpaired) electrons. The lowest BCUT2D eigenvalue weighted by Crippen LogP contribution is -2.48. The van der Waals surface area contributed by atoms with Crippen LogP contribution in [0, 0.1) is 19.7 Å². The third kappa shape index (κ3) is 4.63. The van der Waals surface area contributed by atoms with Gasteiger partial charge in [-0.15, -0.1) is 0 Å². The Morgan fingerprint density at radius 2 is 1.93 bits per heavy atom. The van der Waals surface area contributed by atoms with Crippen LogP contribution in [0.25, 0.3) is 0 Å². The van der Waals surface area contributed by atoms with Crippen molar-refractivity contribution in [3.63, 3.8) is 0 Å². The molecule has 0 unspecified atom stereocenters. The summed E-state index contributed by atoms with van der Waals surface area (Å²) in [6.45, 7) is 6.88. The van der Waals surface area contributed by atoms with Crippen LogP contribution in [0.1, 0.15) is 48.2 Å². The first-order valence-corrected chi connectivity index (χ1v) is 10.1. The molecule has 1 aliphatic rings. The number of hydrogen-bond donors (Lipinski definition) is 0. The SMILES string of the molecule is CCC(=O)N(C)c1ccc(C2CN(C(=O)CCc3ccc(C)nc3C)C2)cc1F. The lowest BCUT2D eigenvalue weighted by atomic mass is 9.90. The quantitative estimate of drug-likeness (QED) is 0.746. The second-order valence-electron chi connectivity index (χ2n) is 7.71. The first kappa shape index (κ1) is 21.0. The number of aromatic nitrogens is 1. The van der Waals surface area contributed by atoms with Crippen molar-refractivity contribution in [3.8, 4) is 0 Å². The number of carbonyl (C=O) groups excluding carboxylic acids is 2. The number of aryl methyl sites for hydroxylation is 3. The van der Waals surface area contributed by atoms with E-state index in [1.807, 2.05) is 36.9 Å². The number of halogens is 1. The van der Waals surface area contributed by atoms with Gasteiger partial charge in [0.25, 0.3) is 0 Å². The fourth-order valence-electron chi connectivity index (χ4n) is 3.69. The van der Waals surface area contributed by atoms with E-state index >= 15 is 0 Å². The maximum Gasteiger partial charge on any atom is 0.226 e. The highest BCUT2D eigenvalue weighted by molar-refractivity contribution is 5.92. The average Bonchev–Trinajstić information content (AvgIpc) is 2.65. The maximum absolute atomic E-state index is 14.5. The highest BCUT2D eigenvalue weighted by atomic mass is 19.1. The van der Waals surface area contributed by atoms with Crippen LogP contribution >= 0.6 is 0 Å². The van der Waals surface area contributed by atoms with Gasteiger partial charge in [-0.05, 0) is 49.6 Å². The van der Waals surface area contributed by atoms with Crippen molar-refractivity contribution in [1.29, 1.82) is 0 Å². The zero-order valence-corrected chi connectivity index (χ0v) is 17.5. The molecule has 154 valence electrons. The Morgan fingerprint density at radius 3 is 2.55 bits per heavy atom. The maximum atomic E-state index is 14.5. The van der Waals surface area contributed by atoms with Gasteiger partial charge in [-0.1, -0.05) is 19.1 Å². The van der Waals surface area contributed by atoms with Gasteiger partial charge in [0, 0.05) is 50.3 Å². The van der Waals surface area contributed by atoms with Gasteiger partial charge in [0.2, 0.25) is 11.8 Å². The Hall–Kier alpha value is -2.76. The molecule has 2 heterocycles. The second kappa shape index (κ2) is 8.72. The average molecular weight is 397 g/mol. The van der Waals surface area contributed by atoms with Gasteiger partial charge >= 0.3 is 0 Å². The molecular weight excluding hydrogens is 369 g/mol. The molecule has 0 N–H and O–H groups in total. The third-order valence-corrected chi connectivity index (χ3v) is 5.66. The van der Waals surface area contributed by atoms with E-state index in [1.54, 1.807) is 20.0 Å². The zero-order valence-electron chi connectivity index (χ0n) is 17.5. The van der Waals surface area contributed by atoms with E-state index in [2.05, 4.69) is 4.98 Å². The van der Waals surface area contributed by atoms with Gasteiger partial charge in [0.1, 0.15) is 5.82 Å². The van der Waals surface area contributed by atoms with E-state index in [-0.39, 0.29) is 23.4 Å². The summed E-state index contributed by atoms with van der Waals surface area (Å²) in [6.07, 6.45) is 1.46. The van der Waals surface area contributed by atoms with E-state index in [4.69, 9.17) is 0 Å². The number of anilines is 1. The summed E-state index contributed by atoms with van der Waals surface area (Å²) in [5, 5.41) is 0. The number of carbonyl (C=O) groups is 2. The van der Waals surface area contributed by atoms with Gasteiger partial charge in [-0.2, -0.15) is 0 Å². The molecule has 1 aromatic heterocycles. The monoisotopic (exact) mass is 397 g/mol. The van der Waals surface area contributed by atoms with E-state index in [0.717, 1.165) is 22.5 Å². The largest absolute Gasteiger partial charge is 0.341 e. The molecule has 1 aromatic carbocycles. The van der Waals surface area contributed by atoms with Gasteiger partial charge in [-0.3, -0.25) is 14.6 Å². The summed E-state index contributed by atoms with van der Waals surface area (Å²) in [5.74, 6) is -0.279.